The Morgan fingerprint density at radius 2 is 1.80 bits per heavy atom. The number of aromatic nitrogens is 4. The first-order chi connectivity index (χ1) is 16.9. The number of hydrogen-bond acceptors (Lipinski definition) is 6. The third-order valence-electron chi connectivity index (χ3n) is 6.35. The molecule has 0 amide bonds. The van der Waals surface area contributed by atoms with Crippen LogP contribution in [-0.4, -0.2) is 45.0 Å². The molecule has 0 aliphatic rings. The Balaban J connectivity index is 1.56. The van der Waals surface area contributed by atoms with Crippen molar-refractivity contribution in [1.82, 2.24) is 19.6 Å². The number of aliphatic hydroxyl groups excluding tert-OH is 1. The van der Waals surface area contributed by atoms with Gasteiger partial charge in [-0.3, -0.25) is 9.89 Å². The van der Waals surface area contributed by atoms with E-state index in [1.807, 2.05) is 50.2 Å². The van der Waals surface area contributed by atoms with Gasteiger partial charge in [-0.05, 0) is 49.9 Å². The fourth-order valence-electron chi connectivity index (χ4n) is 4.59. The number of aryl methyl sites for hydroxylation is 2. The number of aromatic amines is 1. The van der Waals surface area contributed by atoms with Gasteiger partial charge in [-0.15, -0.1) is 0 Å². The minimum absolute atomic E-state index is 0.0462. The van der Waals surface area contributed by atoms with E-state index in [-0.39, 0.29) is 11.5 Å². The van der Waals surface area contributed by atoms with Gasteiger partial charge in [0.05, 0.1) is 26.0 Å². The first-order valence-electron chi connectivity index (χ1n) is 11.8. The molecular weight excluding hydrogens is 444 g/mol. The number of imidazole rings is 1. The molecule has 2 N–H and O–H groups in total. The van der Waals surface area contributed by atoms with Gasteiger partial charge in [-0.1, -0.05) is 36.4 Å². The van der Waals surface area contributed by atoms with Crippen molar-refractivity contribution >= 4 is 5.52 Å². The molecule has 0 saturated carbocycles. The summed E-state index contributed by atoms with van der Waals surface area (Å²) in [5.41, 5.74) is 2.88. The largest absolute Gasteiger partial charge is 0.493 e. The lowest BCUT2D eigenvalue weighted by Crippen LogP contribution is -2.18. The fraction of sp³-hybridized carbons (Fsp3) is 0.370. The van der Waals surface area contributed by atoms with Gasteiger partial charge in [0, 0.05) is 18.8 Å². The van der Waals surface area contributed by atoms with Crippen LogP contribution in [0.1, 0.15) is 54.2 Å². The normalized spacial score (nSPS) is 13.1. The summed E-state index contributed by atoms with van der Waals surface area (Å²) in [6.45, 7) is 3.66. The molecule has 0 bridgehead atoms. The molecule has 35 heavy (non-hydrogen) atoms. The number of nitrogens with zero attached hydrogens (tertiary/aromatic N) is 3. The van der Waals surface area contributed by atoms with Crippen LogP contribution in [0.2, 0.25) is 0 Å². The van der Waals surface area contributed by atoms with E-state index in [9.17, 15) is 9.90 Å². The second kappa shape index (κ2) is 10.7. The Bertz CT molecular complexity index is 1340. The van der Waals surface area contributed by atoms with E-state index in [1.165, 1.54) is 0 Å². The van der Waals surface area contributed by atoms with Crippen molar-refractivity contribution in [1.29, 1.82) is 0 Å². The highest BCUT2D eigenvalue weighted by Gasteiger charge is 2.19. The Morgan fingerprint density at radius 3 is 2.49 bits per heavy atom. The molecule has 2 aromatic carbocycles. The number of H-pyrrole nitrogens is 1. The second-order valence-electron chi connectivity index (χ2n) is 8.79. The molecule has 4 rings (SSSR count). The van der Waals surface area contributed by atoms with Crippen molar-refractivity contribution in [2.24, 2.45) is 0 Å². The Kier molecular flexibility index (Phi) is 7.51. The number of rotatable bonds is 10. The maximum atomic E-state index is 12.8. The predicted octanol–water partition coefficient (Wildman–Crippen LogP) is 3.82. The molecular formula is C27H32N4O4. The number of nitrogens with one attached hydrogen (secondary N) is 1. The van der Waals surface area contributed by atoms with Crippen molar-refractivity contribution < 1.29 is 14.6 Å². The number of aliphatic hydroxyl groups is 1. The zero-order valence-corrected chi connectivity index (χ0v) is 20.6. The summed E-state index contributed by atoms with van der Waals surface area (Å²) in [6, 6.07) is 15.7. The Hall–Kier alpha value is -3.65. The van der Waals surface area contributed by atoms with Crippen LogP contribution in [0.15, 0.2) is 53.3 Å². The lowest BCUT2D eigenvalue weighted by molar-refractivity contribution is 0.156. The fourth-order valence-corrected chi connectivity index (χ4v) is 4.59. The molecule has 2 atom stereocenters. The van der Waals surface area contributed by atoms with E-state index in [0.717, 1.165) is 29.8 Å². The molecule has 0 fully saturated rings. The molecule has 4 aromatic rings. The van der Waals surface area contributed by atoms with Crippen molar-refractivity contribution in [3.63, 3.8) is 0 Å². The maximum absolute atomic E-state index is 12.8. The molecule has 0 radical (unpaired) electrons. The van der Waals surface area contributed by atoms with Gasteiger partial charge in [0.1, 0.15) is 11.6 Å². The van der Waals surface area contributed by atoms with Crippen LogP contribution < -0.4 is 15.0 Å². The van der Waals surface area contributed by atoms with E-state index in [4.69, 9.17) is 9.47 Å². The zero-order chi connectivity index (χ0) is 24.9. The Morgan fingerprint density at radius 1 is 1.06 bits per heavy atom. The average molecular weight is 477 g/mol. The minimum atomic E-state index is -0.451. The number of methoxy groups -OCH3 is 2. The highest BCUT2D eigenvalue weighted by atomic mass is 16.5. The average Bonchev–Trinajstić information content (AvgIpc) is 3.17. The van der Waals surface area contributed by atoms with Gasteiger partial charge in [-0.2, -0.15) is 4.98 Å². The van der Waals surface area contributed by atoms with E-state index in [2.05, 4.69) is 27.2 Å². The standard InChI is InChI=1S/C27H32N4O4/c1-17-26-27(33)29-24(16-19-13-14-22(34-3)23(15-19)35-4)30-31(26)25(28-17)12-8-11-21(18(2)32)20-9-6-5-7-10-20/h5-7,9-10,13-15,18,21,32H,8,11-12,16H2,1-4H3,(H,29,30,33). The van der Waals surface area contributed by atoms with Crippen molar-refractivity contribution in [3.05, 3.63) is 87.4 Å². The van der Waals surface area contributed by atoms with Crippen molar-refractivity contribution in [2.45, 2.75) is 51.6 Å². The molecule has 0 spiro atoms. The van der Waals surface area contributed by atoms with Crippen LogP contribution in [-0.2, 0) is 12.8 Å². The number of ether oxygens (including phenoxy) is 2. The van der Waals surface area contributed by atoms with E-state index in [1.54, 1.807) is 18.7 Å². The summed E-state index contributed by atoms with van der Waals surface area (Å²) in [7, 11) is 3.19. The van der Waals surface area contributed by atoms with Gasteiger partial charge >= 0.3 is 0 Å². The Labute approximate surface area is 204 Å². The van der Waals surface area contributed by atoms with E-state index < -0.39 is 6.10 Å². The molecule has 2 heterocycles. The van der Waals surface area contributed by atoms with Crippen LogP contribution in [0.5, 0.6) is 11.5 Å². The van der Waals surface area contributed by atoms with Gasteiger partial charge in [-0.25, -0.2) is 9.50 Å². The summed E-state index contributed by atoms with van der Waals surface area (Å²) in [6.07, 6.45) is 2.27. The highest BCUT2D eigenvalue weighted by molar-refractivity contribution is 5.50. The summed E-state index contributed by atoms with van der Waals surface area (Å²) in [5, 5.41) is 13.6. The van der Waals surface area contributed by atoms with Crippen LogP contribution in [0.25, 0.3) is 5.52 Å². The van der Waals surface area contributed by atoms with E-state index in [0.29, 0.717) is 41.4 Å². The zero-order valence-electron chi connectivity index (χ0n) is 20.6. The topological polar surface area (TPSA) is 102 Å². The molecule has 2 unspecified atom stereocenters. The summed E-state index contributed by atoms with van der Waals surface area (Å²) >= 11 is 0. The first-order valence-corrected chi connectivity index (χ1v) is 11.8. The van der Waals surface area contributed by atoms with Crippen LogP contribution in [0.4, 0.5) is 0 Å². The van der Waals surface area contributed by atoms with Crippen LogP contribution in [0, 0.1) is 6.92 Å². The SMILES string of the molecule is COc1ccc(Cc2nc(=O)c3c(C)nc(CCCC(c4ccccc4)C(C)O)n3[nH]2)cc1OC. The van der Waals surface area contributed by atoms with E-state index >= 15 is 0 Å². The molecule has 8 heteroatoms. The summed E-state index contributed by atoms with van der Waals surface area (Å²) in [5.74, 6) is 2.64. The van der Waals surface area contributed by atoms with Crippen LogP contribution >= 0.6 is 0 Å². The quantitative estimate of drug-likeness (QED) is 0.361. The number of hydrogen-bond donors (Lipinski definition) is 2. The lowest BCUT2D eigenvalue weighted by Gasteiger charge is -2.20. The molecule has 184 valence electrons. The molecule has 0 aliphatic heterocycles. The molecule has 8 nitrogen and oxygen atoms in total. The lowest BCUT2D eigenvalue weighted by atomic mass is 9.89. The van der Waals surface area contributed by atoms with Crippen molar-refractivity contribution in [3.8, 4) is 11.5 Å². The highest BCUT2D eigenvalue weighted by Crippen LogP contribution is 2.28. The third kappa shape index (κ3) is 5.38. The summed E-state index contributed by atoms with van der Waals surface area (Å²) < 4.78 is 12.5. The summed E-state index contributed by atoms with van der Waals surface area (Å²) in [4.78, 5) is 21.8. The van der Waals surface area contributed by atoms with Gasteiger partial charge < -0.3 is 14.6 Å². The van der Waals surface area contributed by atoms with Crippen molar-refractivity contribution in [2.75, 3.05) is 14.2 Å². The molecule has 0 saturated heterocycles. The number of fused-ring (bicyclic) bond motifs is 1. The van der Waals surface area contributed by atoms with Crippen LogP contribution in [0.3, 0.4) is 0 Å². The maximum Gasteiger partial charge on any atom is 0.299 e. The van der Waals surface area contributed by atoms with Gasteiger partial charge in [0.15, 0.2) is 17.0 Å². The number of benzene rings is 2. The van der Waals surface area contributed by atoms with Gasteiger partial charge in [0.25, 0.3) is 5.56 Å². The predicted molar refractivity (Wildman–Crippen MR) is 134 cm³/mol. The molecule has 2 aromatic heterocycles. The van der Waals surface area contributed by atoms with Gasteiger partial charge in [0.2, 0.25) is 0 Å². The smallest absolute Gasteiger partial charge is 0.299 e. The monoisotopic (exact) mass is 476 g/mol. The first kappa shape index (κ1) is 24.5. The second-order valence-corrected chi connectivity index (χ2v) is 8.79. The third-order valence-corrected chi connectivity index (χ3v) is 6.35. The minimum Gasteiger partial charge on any atom is -0.493 e. The molecule has 0 aliphatic carbocycles.